The Morgan fingerprint density at radius 1 is 1.05 bits per heavy atom. The topological polar surface area (TPSA) is 96.0 Å². The second kappa shape index (κ2) is 13.9. The first-order valence-corrected chi connectivity index (χ1v) is 14.7. The number of sulfonamides is 1. The first-order valence-electron chi connectivity index (χ1n) is 12.1. The van der Waals surface area contributed by atoms with Gasteiger partial charge in [-0.2, -0.15) is 0 Å². The highest BCUT2D eigenvalue weighted by Gasteiger charge is 2.32. The van der Waals surface area contributed by atoms with Crippen molar-refractivity contribution < 1.29 is 22.7 Å². The Morgan fingerprint density at radius 2 is 1.73 bits per heavy atom. The molecule has 0 aliphatic rings. The van der Waals surface area contributed by atoms with Crippen LogP contribution in [0, 0.1) is 5.92 Å². The fourth-order valence-corrected chi connectivity index (χ4v) is 4.89. The Morgan fingerprint density at radius 3 is 2.30 bits per heavy atom. The van der Waals surface area contributed by atoms with Gasteiger partial charge in [-0.1, -0.05) is 62.2 Å². The van der Waals surface area contributed by atoms with Gasteiger partial charge in [0, 0.05) is 13.1 Å². The van der Waals surface area contributed by atoms with E-state index in [0.29, 0.717) is 40.9 Å². The summed E-state index contributed by atoms with van der Waals surface area (Å²) in [6, 6.07) is 10.7. The van der Waals surface area contributed by atoms with Crippen molar-refractivity contribution in [2.24, 2.45) is 5.92 Å². The first-order chi connectivity index (χ1) is 17.4. The molecule has 1 unspecified atom stereocenters. The molecule has 37 heavy (non-hydrogen) atoms. The summed E-state index contributed by atoms with van der Waals surface area (Å²) in [5.41, 5.74) is 0.894. The molecule has 0 spiro atoms. The van der Waals surface area contributed by atoms with Gasteiger partial charge in [-0.15, -0.1) is 0 Å². The normalized spacial score (nSPS) is 12.2. The van der Waals surface area contributed by atoms with Crippen LogP contribution in [0.3, 0.4) is 0 Å². The standard InChI is InChI=1S/C26H35Cl2N3O5S/c1-6-22(26(33)29-15-18(3)4)30(16-19-12-13-20(27)21(28)14-19)25(32)17-31(37(5,34)35)23-10-8-9-11-24(23)36-7-2/h8-14,18,22H,6-7,15-17H2,1-5H3,(H,29,33). The molecule has 0 fully saturated rings. The third kappa shape index (κ3) is 8.79. The summed E-state index contributed by atoms with van der Waals surface area (Å²) < 4.78 is 32.3. The third-order valence-corrected chi connectivity index (χ3v) is 7.39. The smallest absolute Gasteiger partial charge is 0.244 e. The molecule has 0 radical (unpaired) electrons. The zero-order valence-corrected chi connectivity index (χ0v) is 24.2. The van der Waals surface area contributed by atoms with Gasteiger partial charge in [0.1, 0.15) is 18.3 Å². The number of para-hydroxylation sites is 2. The molecule has 0 aliphatic carbocycles. The van der Waals surface area contributed by atoms with Crippen LogP contribution in [0.25, 0.3) is 0 Å². The van der Waals surface area contributed by atoms with E-state index >= 15 is 0 Å². The van der Waals surface area contributed by atoms with Crippen molar-refractivity contribution in [3.8, 4) is 5.75 Å². The lowest BCUT2D eigenvalue weighted by Gasteiger charge is -2.33. The zero-order chi connectivity index (χ0) is 27.8. The van der Waals surface area contributed by atoms with Crippen LogP contribution < -0.4 is 14.4 Å². The molecule has 11 heteroatoms. The molecule has 2 aromatic carbocycles. The van der Waals surface area contributed by atoms with Crippen molar-refractivity contribution in [2.45, 2.75) is 46.7 Å². The minimum atomic E-state index is -3.88. The number of anilines is 1. The lowest BCUT2D eigenvalue weighted by Crippen LogP contribution is -2.52. The van der Waals surface area contributed by atoms with Gasteiger partial charge in [0.15, 0.2) is 0 Å². The quantitative estimate of drug-likeness (QED) is 0.374. The van der Waals surface area contributed by atoms with E-state index in [1.54, 1.807) is 56.3 Å². The van der Waals surface area contributed by atoms with Crippen LogP contribution in [0.5, 0.6) is 5.75 Å². The molecule has 2 rings (SSSR count). The number of nitrogens with one attached hydrogen (secondary N) is 1. The number of rotatable bonds is 13. The number of hydrogen-bond acceptors (Lipinski definition) is 5. The highest BCUT2D eigenvalue weighted by molar-refractivity contribution is 7.92. The molecule has 0 saturated heterocycles. The molecule has 2 aromatic rings. The molecule has 1 atom stereocenters. The highest BCUT2D eigenvalue weighted by atomic mass is 35.5. The van der Waals surface area contributed by atoms with Crippen LogP contribution in [0.2, 0.25) is 10.0 Å². The van der Waals surface area contributed by atoms with E-state index in [1.807, 2.05) is 13.8 Å². The maximum absolute atomic E-state index is 13.8. The minimum Gasteiger partial charge on any atom is -0.492 e. The number of carbonyl (C=O) groups excluding carboxylic acids is 2. The summed E-state index contributed by atoms with van der Waals surface area (Å²) in [5.74, 6) is -0.308. The van der Waals surface area contributed by atoms with Crippen molar-refractivity contribution >= 4 is 50.7 Å². The van der Waals surface area contributed by atoms with E-state index in [9.17, 15) is 18.0 Å². The van der Waals surface area contributed by atoms with Gasteiger partial charge in [0.25, 0.3) is 0 Å². The average molecular weight is 573 g/mol. The Bertz CT molecular complexity index is 1190. The lowest BCUT2D eigenvalue weighted by molar-refractivity contribution is -0.140. The maximum Gasteiger partial charge on any atom is 0.244 e. The minimum absolute atomic E-state index is 0.0358. The first kappa shape index (κ1) is 30.7. The second-order valence-corrected chi connectivity index (χ2v) is 11.7. The average Bonchev–Trinajstić information content (AvgIpc) is 2.83. The molecule has 0 heterocycles. The Labute approximate surface area is 229 Å². The number of nitrogens with zero attached hydrogens (tertiary/aromatic N) is 2. The molecule has 0 bridgehead atoms. The molecular weight excluding hydrogens is 537 g/mol. The Kier molecular flexibility index (Phi) is 11.5. The van der Waals surface area contributed by atoms with Crippen LogP contribution in [0.1, 0.15) is 39.7 Å². The molecule has 2 amide bonds. The van der Waals surface area contributed by atoms with Gasteiger partial charge in [-0.05, 0) is 49.1 Å². The molecule has 0 saturated carbocycles. The summed E-state index contributed by atoms with van der Waals surface area (Å²) >= 11 is 12.2. The summed E-state index contributed by atoms with van der Waals surface area (Å²) in [6.45, 7) is 7.81. The summed E-state index contributed by atoms with van der Waals surface area (Å²) in [6.07, 6.45) is 1.35. The lowest BCUT2D eigenvalue weighted by atomic mass is 10.1. The maximum atomic E-state index is 13.8. The molecule has 8 nitrogen and oxygen atoms in total. The van der Waals surface area contributed by atoms with E-state index in [-0.39, 0.29) is 24.1 Å². The number of halogens is 2. The van der Waals surface area contributed by atoms with Crippen LogP contribution in [-0.2, 0) is 26.2 Å². The number of ether oxygens (including phenoxy) is 1. The fourth-order valence-electron chi connectivity index (χ4n) is 3.71. The number of amides is 2. The van der Waals surface area contributed by atoms with Gasteiger partial charge in [0.2, 0.25) is 21.8 Å². The Balaban J connectivity index is 2.49. The fraction of sp³-hybridized carbons (Fsp3) is 0.462. The number of benzene rings is 2. The van der Waals surface area contributed by atoms with Gasteiger partial charge in [-0.25, -0.2) is 8.42 Å². The highest BCUT2D eigenvalue weighted by Crippen LogP contribution is 2.30. The van der Waals surface area contributed by atoms with E-state index in [0.717, 1.165) is 10.6 Å². The van der Waals surface area contributed by atoms with E-state index in [4.69, 9.17) is 27.9 Å². The monoisotopic (exact) mass is 571 g/mol. The SMILES string of the molecule is CCOc1ccccc1N(CC(=O)N(Cc1ccc(Cl)c(Cl)c1)C(CC)C(=O)NCC(C)C)S(C)(=O)=O. The predicted molar refractivity (Wildman–Crippen MR) is 149 cm³/mol. The van der Waals surface area contributed by atoms with Gasteiger partial charge >= 0.3 is 0 Å². The molecule has 204 valence electrons. The number of carbonyl (C=O) groups is 2. The Hall–Kier alpha value is -2.49. The second-order valence-electron chi connectivity index (χ2n) is 9.00. The molecule has 1 N–H and O–H groups in total. The van der Waals surface area contributed by atoms with Gasteiger partial charge in [0.05, 0.1) is 28.6 Å². The van der Waals surface area contributed by atoms with Crippen LogP contribution in [0.15, 0.2) is 42.5 Å². The van der Waals surface area contributed by atoms with Gasteiger partial charge < -0.3 is 15.0 Å². The molecule has 0 aliphatic heterocycles. The van der Waals surface area contributed by atoms with Crippen molar-refractivity contribution in [2.75, 3.05) is 30.3 Å². The molecule has 0 aromatic heterocycles. The largest absolute Gasteiger partial charge is 0.492 e. The number of hydrogen-bond donors (Lipinski definition) is 1. The summed E-state index contributed by atoms with van der Waals surface area (Å²) in [5, 5.41) is 3.56. The molecular formula is C26H35Cl2N3O5S. The van der Waals surface area contributed by atoms with Gasteiger partial charge in [-0.3, -0.25) is 13.9 Å². The van der Waals surface area contributed by atoms with Crippen LogP contribution in [-0.4, -0.2) is 57.1 Å². The third-order valence-electron chi connectivity index (χ3n) is 5.52. The van der Waals surface area contributed by atoms with Crippen LogP contribution >= 0.6 is 23.2 Å². The van der Waals surface area contributed by atoms with Crippen molar-refractivity contribution in [1.29, 1.82) is 0 Å². The van der Waals surface area contributed by atoms with Crippen LogP contribution in [0.4, 0.5) is 5.69 Å². The van der Waals surface area contributed by atoms with E-state index in [2.05, 4.69) is 5.32 Å². The zero-order valence-electron chi connectivity index (χ0n) is 21.8. The van der Waals surface area contributed by atoms with Crippen molar-refractivity contribution in [1.82, 2.24) is 10.2 Å². The summed E-state index contributed by atoms with van der Waals surface area (Å²) in [7, 11) is -3.88. The van der Waals surface area contributed by atoms with E-state index in [1.165, 1.54) is 4.90 Å². The van der Waals surface area contributed by atoms with Crippen molar-refractivity contribution in [3.63, 3.8) is 0 Å². The van der Waals surface area contributed by atoms with E-state index < -0.39 is 28.5 Å². The summed E-state index contributed by atoms with van der Waals surface area (Å²) in [4.78, 5) is 28.3. The van der Waals surface area contributed by atoms with Crippen molar-refractivity contribution in [3.05, 3.63) is 58.1 Å². The predicted octanol–water partition coefficient (Wildman–Crippen LogP) is 4.74.